The molecule has 0 saturated heterocycles. The summed E-state index contributed by atoms with van der Waals surface area (Å²) >= 11 is 2.72. The first-order valence-corrected chi connectivity index (χ1v) is 3.59. The Labute approximate surface area is 118 Å². The van der Waals surface area contributed by atoms with E-state index in [4.69, 9.17) is 0 Å². The van der Waals surface area contributed by atoms with E-state index in [0.29, 0.717) is 0 Å². The van der Waals surface area contributed by atoms with Gasteiger partial charge in [0.2, 0.25) is 0 Å². The van der Waals surface area contributed by atoms with Crippen molar-refractivity contribution in [3.63, 3.8) is 0 Å². The van der Waals surface area contributed by atoms with E-state index in [1.165, 1.54) is 7.05 Å². The zero-order chi connectivity index (χ0) is 8.65. The first kappa shape index (κ1) is 13.2. The van der Waals surface area contributed by atoms with Crippen molar-refractivity contribution in [2.75, 3.05) is 0 Å². The third-order valence-electron chi connectivity index (χ3n) is 1.16. The maximum atomic E-state index is 12.0. The van der Waals surface area contributed by atoms with Crippen LogP contribution >= 0.6 is 15.9 Å². The number of nitrogens with zero attached hydrogens (tertiary/aromatic N) is 2. The number of aromatic nitrogens is 2. The molecular weight excluding hydrogens is 263 g/mol. The van der Waals surface area contributed by atoms with Gasteiger partial charge in [0, 0.05) is 7.05 Å². The van der Waals surface area contributed by atoms with Gasteiger partial charge in [0.1, 0.15) is 4.60 Å². The van der Waals surface area contributed by atoms with Crippen LogP contribution in [0, 0.1) is 0 Å². The van der Waals surface area contributed by atoms with Crippen molar-refractivity contribution in [2.45, 2.75) is 0 Å². The summed E-state index contributed by atoms with van der Waals surface area (Å²) in [5.41, 5.74) is -0.687. The van der Waals surface area contributed by atoms with Crippen LogP contribution in [0.5, 0.6) is 0 Å². The standard InChI is InChI=1S/C4H4BBrF3N2.K/c1-11-2-3(4(6)10-11)5(7,8)9;/h2H,1H3;/q-1;+1. The van der Waals surface area contributed by atoms with Crippen LogP contribution < -0.4 is 56.8 Å². The second-order valence-electron chi connectivity index (χ2n) is 2.12. The topological polar surface area (TPSA) is 17.8 Å². The normalized spacial score (nSPS) is 11.1. The zero-order valence-electron chi connectivity index (χ0n) is 6.56. The zero-order valence-corrected chi connectivity index (χ0v) is 11.3. The summed E-state index contributed by atoms with van der Waals surface area (Å²) in [5, 5.41) is 3.51. The molecule has 12 heavy (non-hydrogen) atoms. The molecule has 62 valence electrons. The minimum atomic E-state index is -4.94. The molecule has 1 rings (SSSR count). The summed E-state index contributed by atoms with van der Waals surface area (Å²) in [6, 6.07) is 0. The average molecular weight is 267 g/mol. The number of aryl methyl sites for hydroxylation is 1. The second kappa shape index (κ2) is 4.61. The largest absolute Gasteiger partial charge is 1.00 e. The Morgan fingerprint density at radius 3 is 2.17 bits per heavy atom. The molecule has 0 fully saturated rings. The summed E-state index contributed by atoms with van der Waals surface area (Å²) in [7, 11) is 1.44. The molecule has 0 aliphatic rings. The third kappa shape index (κ3) is 3.15. The molecule has 0 spiro atoms. The monoisotopic (exact) mass is 266 g/mol. The van der Waals surface area contributed by atoms with E-state index in [-0.39, 0.29) is 56.0 Å². The molecule has 0 saturated carbocycles. The van der Waals surface area contributed by atoms with Gasteiger partial charge in [0.25, 0.3) is 0 Å². The summed E-state index contributed by atoms with van der Waals surface area (Å²) in [5.74, 6) is 0. The van der Waals surface area contributed by atoms with Gasteiger partial charge in [0.15, 0.2) is 0 Å². The average Bonchev–Trinajstić information content (AvgIpc) is 2.08. The van der Waals surface area contributed by atoms with Gasteiger partial charge in [-0.2, -0.15) is 5.10 Å². The predicted octanol–water partition coefficient (Wildman–Crippen LogP) is -1.76. The Balaban J connectivity index is 0.00000121. The predicted molar refractivity (Wildman–Crippen MR) is 39.6 cm³/mol. The van der Waals surface area contributed by atoms with Gasteiger partial charge in [-0.15, -0.1) is 0 Å². The first-order chi connectivity index (χ1) is 4.91. The quantitative estimate of drug-likeness (QED) is 0.551. The molecule has 0 amide bonds. The fourth-order valence-corrected chi connectivity index (χ4v) is 1.31. The van der Waals surface area contributed by atoms with Gasteiger partial charge in [-0.3, -0.25) is 4.68 Å². The van der Waals surface area contributed by atoms with Gasteiger partial charge in [-0.25, -0.2) is 0 Å². The minimum absolute atomic E-state index is 0. The summed E-state index contributed by atoms with van der Waals surface area (Å²) in [6.07, 6.45) is 0.948. The van der Waals surface area contributed by atoms with E-state index in [1.54, 1.807) is 0 Å². The van der Waals surface area contributed by atoms with Crippen molar-refractivity contribution in [2.24, 2.45) is 7.05 Å². The van der Waals surface area contributed by atoms with Gasteiger partial charge < -0.3 is 12.9 Å². The molecule has 0 radical (unpaired) electrons. The van der Waals surface area contributed by atoms with Crippen LogP contribution in [0.25, 0.3) is 0 Å². The molecule has 0 bridgehead atoms. The van der Waals surface area contributed by atoms with E-state index < -0.39 is 12.4 Å². The Hall–Kier alpha value is 1.18. The van der Waals surface area contributed by atoms with Crippen molar-refractivity contribution < 1.29 is 64.3 Å². The minimum Gasteiger partial charge on any atom is -0.445 e. The molecule has 0 aliphatic carbocycles. The SMILES string of the molecule is Cn1cc([B-](F)(F)F)c(Br)n1.[K+]. The van der Waals surface area contributed by atoms with Gasteiger partial charge in [-0.05, 0) is 22.1 Å². The molecule has 0 aromatic carbocycles. The van der Waals surface area contributed by atoms with Gasteiger partial charge >= 0.3 is 58.4 Å². The smallest absolute Gasteiger partial charge is 0.445 e. The van der Waals surface area contributed by atoms with E-state index in [2.05, 4.69) is 21.0 Å². The number of hydrogen-bond acceptors (Lipinski definition) is 1. The summed E-state index contributed by atoms with van der Waals surface area (Å²) in [6.45, 7) is -4.94. The van der Waals surface area contributed by atoms with Crippen molar-refractivity contribution in [1.82, 2.24) is 9.78 Å². The Kier molecular flexibility index (Phi) is 5.06. The molecule has 8 heteroatoms. The summed E-state index contributed by atoms with van der Waals surface area (Å²) < 4.78 is 37.1. The molecular formula is C4H4BBrF3KN2. The van der Waals surface area contributed by atoms with E-state index in [1.807, 2.05) is 0 Å². The van der Waals surface area contributed by atoms with E-state index >= 15 is 0 Å². The number of rotatable bonds is 1. The molecule has 0 unspecified atom stereocenters. The summed E-state index contributed by atoms with van der Waals surface area (Å²) in [4.78, 5) is 0. The molecule has 0 N–H and O–H groups in total. The number of halogens is 4. The van der Waals surface area contributed by atoms with E-state index in [9.17, 15) is 12.9 Å². The molecule has 0 atom stereocenters. The van der Waals surface area contributed by atoms with Crippen LogP contribution in [0.15, 0.2) is 10.8 Å². The Morgan fingerprint density at radius 2 is 2.00 bits per heavy atom. The fourth-order valence-electron chi connectivity index (χ4n) is 0.699. The van der Waals surface area contributed by atoms with Crippen molar-refractivity contribution in [3.05, 3.63) is 10.8 Å². The first-order valence-electron chi connectivity index (χ1n) is 2.80. The molecule has 1 aromatic rings. The maximum absolute atomic E-state index is 12.0. The van der Waals surface area contributed by atoms with Crippen molar-refractivity contribution in [1.29, 1.82) is 0 Å². The van der Waals surface area contributed by atoms with Crippen molar-refractivity contribution in [3.8, 4) is 0 Å². The maximum Gasteiger partial charge on any atom is 1.00 e. The number of hydrogen-bond donors (Lipinski definition) is 0. The Morgan fingerprint density at radius 1 is 1.50 bits per heavy atom. The molecule has 0 aliphatic heterocycles. The third-order valence-corrected chi connectivity index (χ3v) is 1.78. The molecule has 1 aromatic heterocycles. The van der Waals surface area contributed by atoms with Crippen LogP contribution in [0.2, 0.25) is 0 Å². The molecule has 2 nitrogen and oxygen atoms in total. The van der Waals surface area contributed by atoms with E-state index in [0.717, 1.165) is 10.9 Å². The second-order valence-corrected chi connectivity index (χ2v) is 2.87. The van der Waals surface area contributed by atoms with Crippen LogP contribution in [0.3, 0.4) is 0 Å². The van der Waals surface area contributed by atoms with Gasteiger partial charge in [0.05, 0.1) is 0 Å². The van der Waals surface area contributed by atoms with Crippen molar-refractivity contribution >= 4 is 28.4 Å². The van der Waals surface area contributed by atoms with Crippen LogP contribution in [0.1, 0.15) is 0 Å². The van der Waals surface area contributed by atoms with Crippen LogP contribution in [0.4, 0.5) is 12.9 Å². The Bertz CT molecular complexity index is 274. The van der Waals surface area contributed by atoms with Crippen LogP contribution in [-0.2, 0) is 7.05 Å². The van der Waals surface area contributed by atoms with Gasteiger partial charge in [-0.1, -0.05) is 5.46 Å². The molecule has 1 heterocycles. The fraction of sp³-hybridized carbons (Fsp3) is 0.250. The van der Waals surface area contributed by atoms with Crippen LogP contribution in [-0.4, -0.2) is 16.8 Å².